The molecule has 2 aromatic rings. The van der Waals surface area contributed by atoms with Crippen molar-refractivity contribution >= 4 is 17.4 Å². The lowest BCUT2D eigenvalue weighted by Crippen LogP contribution is -2.28. The van der Waals surface area contributed by atoms with Gasteiger partial charge in [-0.1, -0.05) is 0 Å². The maximum absolute atomic E-state index is 14.2. The Morgan fingerprint density at radius 1 is 1.26 bits per heavy atom. The summed E-state index contributed by atoms with van der Waals surface area (Å²) in [5.41, 5.74) is -0.199. The number of carbonyl (C=O) groups excluding carboxylic acids is 2. The fourth-order valence-corrected chi connectivity index (χ4v) is 2.20. The number of Topliss-reactive ketones (excluding diaryl/α,β-unsaturated/α-hetero) is 1. The van der Waals surface area contributed by atoms with Gasteiger partial charge in [0.05, 0.1) is 12.1 Å². The smallest absolute Gasteiger partial charge is 0.450 e. The standard InChI is InChI=1S/C19H18F4N2O6/c1-10-6-11(20)12(25-16(27)8-15(26)19(21,22)23)7-14(10)31-13-4-3-5-24-18(13)30-9-17(28)29-2/h3-7,17,28H,8-9H2,1-2H3,(H,25,27). The van der Waals surface area contributed by atoms with Crippen LogP contribution in [-0.4, -0.2) is 48.0 Å². The molecule has 0 aliphatic carbocycles. The van der Waals surface area contributed by atoms with Crippen LogP contribution in [0, 0.1) is 12.7 Å². The quantitative estimate of drug-likeness (QED) is 0.346. The van der Waals surface area contributed by atoms with Gasteiger partial charge in [-0.05, 0) is 30.7 Å². The van der Waals surface area contributed by atoms with E-state index in [0.29, 0.717) is 0 Å². The number of alkyl halides is 3. The van der Waals surface area contributed by atoms with Crippen LogP contribution in [0.3, 0.4) is 0 Å². The number of ketones is 1. The van der Waals surface area contributed by atoms with E-state index in [0.717, 1.165) is 12.1 Å². The SMILES string of the molecule is COC(O)COc1ncccc1Oc1cc(NC(=O)CC(=O)C(F)(F)F)c(F)cc1C. The van der Waals surface area contributed by atoms with Crippen LogP contribution in [0.15, 0.2) is 30.5 Å². The average Bonchev–Trinajstić information content (AvgIpc) is 2.69. The van der Waals surface area contributed by atoms with Crippen LogP contribution in [0.25, 0.3) is 0 Å². The van der Waals surface area contributed by atoms with Crippen LogP contribution < -0.4 is 14.8 Å². The van der Waals surface area contributed by atoms with Gasteiger partial charge in [0.25, 0.3) is 5.88 Å². The van der Waals surface area contributed by atoms with E-state index in [-0.39, 0.29) is 29.5 Å². The number of rotatable bonds is 9. The van der Waals surface area contributed by atoms with Gasteiger partial charge in [-0.15, -0.1) is 0 Å². The Balaban J connectivity index is 2.20. The van der Waals surface area contributed by atoms with E-state index in [1.54, 1.807) is 0 Å². The van der Waals surface area contributed by atoms with Crippen molar-refractivity contribution in [3.8, 4) is 17.4 Å². The second-order valence-corrected chi connectivity index (χ2v) is 6.15. The largest absolute Gasteiger partial charge is 0.470 e. The number of carbonyl (C=O) groups is 2. The van der Waals surface area contributed by atoms with Crippen molar-refractivity contribution in [1.82, 2.24) is 4.98 Å². The number of aliphatic hydroxyl groups excluding tert-OH is 1. The zero-order valence-corrected chi connectivity index (χ0v) is 16.3. The molecule has 1 unspecified atom stereocenters. The third kappa shape index (κ3) is 6.89. The first kappa shape index (κ1) is 24.0. The first-order valence-corrected chi connectivity index (χ1v) is 8.67. The van der Waals surface area contributed by atoms with Crippen molar-refractivity contribution in [1.29, 1.82) is 0 Å². The van der Waals surface area contributed by atoms with E-state index in [1.165, 1.54) is 32.4 Å². The Kier molecular flexibility index (Phi) is 7.89. The number of benzene rings is 1. The molecule has 1 aromatic carbocycles. The summed E-state index contributed by atoms with van der Waals surface area (Å²) in [7, 11) is 1.27. The Hall–Kier alpha value is -3.25. The molecule has 2 N–H and O–H groups in total. The second kappa shape index (κ2) is 10.2. The third-order valence-corrected chi connectivity index (χ3v) is 3.77. The van der Waals surface area contributed by atoms with Crippen LogP contribution in [-0.2, 0) is 14.3 Å². The molecule has 0 radical (unpaired) electrons. The Morgan fingerprint density at radius 3 is 2.61 bits per heavy atom. The van der Waals surface area contributed by atoms with Crippen LogP contribution in [0.2, 0.25) is 0 Å². The maximum atomic E-state index is 14.2. The number of hydrogen-bond acceptors (Lipinski definition) is 7. The number of anilines is 1. The molecule has 0 bridgehead atoms. The number of pyridine rings is 1. The summed E-state index contributed by atoms with van der Waals surface area (Å²) in [5.74, 6) is -4.46. The number of aliphatic hydroxyl groups is 1. The maximum Gasteiger partial charge on any atom is 0.450 e. The lowest BCUT2D eigenvalue weighted by molar-refractivity contribution is -0.171. The Bertz CT molecular complexity index is 951. The highest BCUT2D eigenvalue weighted by atomic mass is 19.4. The topological polar surface area (TPSA) is 107 Å². The molecular formula is C19H18F4N2O6. The number of hydrogen-bond donors (Lipinski definition) is 2. The molecule has 1 aromatic heterocycles. The first-order valence-electron chi connectivity index (χ1n) is 8.67. The minimum atomic E-state index is -5.18. The van der Waals surface area contributed by atoms with E-state index < -0.39 is 42.1 Å². The van der Waals surface area contributed by atoms with Gasteiger partial charge in [0.15, 0.2) is 12.0 Å². The van der Waals surface area contributed by atoms with Gasteiger partial charge in [0.2, 0.25) is 11.7 Å². The molecular weight excluding hydrogens is 428 g/mol. The summed E-state index contributed by atoms with van der Waals surface area (Å²) in [6.07, 6.45) is -6.49. The van der Waals surface area contributed by atoms with Crippen LogP contribution in [0.1, 0.15) is 12.0 Å². The van der Waals surface area contributed by atoms with Crippen molar-refractivity contribution in [2.45, 2.75) is 25.8 Å². The van der Waals surface area contributed by atoms with Crippen molar-refractivity contribution in [2.75, 3.05) is 19.0 Å². The monoisotopic (exact) mass is 446 g/mol. The molecule has 1 atom stereocenters. The number of aryl methyl sites for hydroxylation is 1. The molecule has 168 valence electrons. The predicted octanol–water partition coefficient (Wildman–Crippen LogP) is 3.13. The Morgan fingerprint density at radius 2 is 1.97 bits per heavy atom. The molecule has 0 saturated carbocycles. The van der Waals surface area contributed by atoms with E-state index in [2.05, 4.69) is 9.72 Å². The van der Waals surface area contributed by atoms with E-state index in [4.69, 9.17) is 9.47 Å². The van der Waals surface area contributed by atoms with Crippen LogP contribution in [0.5, 0.6) is 17.4 Å². The molecule has 1 amide bonds. The highest BCUT2D eigenvalue weighted by Crippen LogP contribution is 2.34. The van der Waals surface area contributed by atoms with E-state index >= 15 is 0 Å². The molecule has 12 heteroatoms. The molecule has 1 heterocycles. The van der Waals surface area contributed by atoms with Gasteiger partial charge in [0, 0.05) is 19.4 Å². The molecule has 0 aliphatic rings. The number of ether oxygens (including phenoxy) is 3. The van der Waals surface area contributed by atoms with E-state index in [1.807, 2.05) is 5.32 Å². The number of halogens is 4. The zero-order valence-electron chi connectivity index (χ0n) is 16.3. The van der Waals surface area contributed by atoms with Gasteiger partial charge >= 0.3 is 6.18 Å². The number of nitrogens with one attached hydrogen (secondary N) is 1. The van der Waals surface area contributed by atoms with Crippen LogP contribution >= 0.6 is 0 Å². The van der Waals surface area contributed by atoms with Crippen molar-refractivity contribution in [3.63, 3.8) is 0 Å². The summed E-state index contributed by atoms with van der Waals surface area (Å²) < 4.78 is 66.6. The van der Waals surface area contributed by atoms with Crippen molar-refractivity contribution < 1.29 is 46.5 Å². The fraction of sp³-hybridized carbons (Fsp3) is 0.316. The Labute approximate surface area is 173 Å². The fourth-order valence-electron chi connectivity index (χ4n) is 2.20. The minimum Gasteiger partial charge on any atom is -0.470 e. The van der Waals surface area contributed by atoms with Gasteiger partial charge < -0.3 is 24.6 Å². The predicted molar refractivity (Wildman–Crippen MR) is 98.3 cm³/mol. The van der Waals surface area contributed by atoms with Gasteiger partial charge in [-0.25, -0.2) is 9.37 Å². The first-order chi connectivity index (χ1) is 14.5. The number of aromatic nitrogens is 1. The minimum absolute atomic E-state index is 0.0244. The van der Waals surface area contributed by atoms with Crippen molar-refractivity contribution in [2.24, 2.45) is 0 Å². The highest BCUT2D eigenvalue weighted by Gasteiger charge is 2.39. The average molecular weight is 446 g/mol. The summed E-state index contributed by atoms with van der Waals surface area (Å²) in [6.45, 7) is 1.23. The number of nitrogens with zero attached hydrogens (tertiary/aromatic N) is 1. The second-order valence-electron chi connectivity index (χ2n) is 6.15. The molecule has 8 nitrogen and oxygen atoms in total. The van der Waals surface area contributed by atoms with Crippen molar-refractivity contribution in [3.05, 3.63) is 41.8 Å². The van der Waals surface area contributed by atoms with Gasteiger partial charge in [0.1, 0.15) is 18.2 Å². The van der Waals surface area contributed by atoms with Gasteiger partial charge in [-0.2, -0.15) is 13.2 Å². The number of methoxy groups -OCH3 is 1. The molecule has 0 aliphatic heterocycles. The van der Waals surface area contributed by atoms with Crippen LogP contribution in [0.4, 0.5) is 23.2 Å². The summed E-state index contributed by atoms with van der Waals surface area (Å²) in [5, 5.41) is 11.3. The normalized spacial score (nSPS) is 12.2. The molecule has 0 fully saturated rings. The summed E-state index contributed by atoms with van der Waals surface area (Å²) in [6, 6.07) is 5.01. The summed E-state index contributed by atoms with van der Waals surface area (Å²) >= 11 is 0. The summed E-state index contributed by atoms with van der Waals surface area (Å²) in [4.78, 5) is 26.6. The number of amides is 1. The van der Waals surface area contributed by atoms with E-state index in [9.17, 15) is 32.3 Å². The zero-order chi connectivity index (χ0) is 23.2. The van der Waals surface area contributed by atoms with Gasteiger partial charge in [-0.3, -0.25) is 9.59 Å². The molecule has 31 heavy (non-hydrogen) atoms. The highest BCUT2D eigenvalue weighted by molar-refractivity contribution is 6.06. The molecule has 0 saturated heterocycles. The molecule has 0 spiro atoms. The third-order valence-electron chi connectivity index (χ3n) is 3.77. The lowest BCUT2D eigenvalue weighted by Gasteiger charge is -2.15. The lowest BCUT2D eigenvalue weighted by atomic mass is 10.2. The molecule has 2 rings (SSSR count).